The van der Waals surface area contributed by atoms with E-state index in [9.17, 15) is 4.39 Å². The quantitative estimate of drug-likeness (QED) is 0.870. The number of hydrogen-bond donors (Lipinski definition) is 1. The van der Waals surface area contributed by atoms with Crippen molar-refractivity contribution in [3.05, 3.63) is 63.9 Å². The van der Waals surface area contributed by atoms with Gasteiger partial charge < -0.3 is 10.5 Å². The van der Waals surface area contributed by atoms with Crippen LogP contribution >= 0.6 is 15.9 Å². The first-order chi connectivity index (χ1) is 8.66. The lowest BCUT2D eigenvalue weighted by molar-refractivity contribution is 0.106. The van der Waals surface area contributed by atoms with Crippen molar-refractivity contribution in [1.29, 1.82) is 0 Å². The molecule has 0 amide bonds. The van der Waals surface area contributed by atoms with Crippen LogP contribution in [0.3, 0.4) is 0 Å². The van der Waals surface area contributed by atoms with E-state index >= 15 is 0 Å². The van der Waals surface area contributed by atoms with Crippen LogP contribution in [0.2, 0.25) is 0 Å². The number of hydrogen-bond acceptors (Lipinski definition) is 2. The molecule has 0 saturated heterocycles. The van der Waals surface area contributed by atoms with Crippen molar-refractivity contribution in [2.75, 3.05) is 5.73 Å². The van der Waals surface area contributed by atoms with Gasteiger partial charge in [0.05, 0.1) is 18.9 Å². The van der Waals surface area contributed by atoms with Crippen LogP contribution in [-0.4, -0.2) is 0 Å². The molecule has 0 fully saturated rings. The molecule has 0 aliphatic heterocycles. The lowest BCUT2D eigenvalue weighted by Gasteiger charge is -2.07. The van der Waals surface area contributed by atoms with Crippen LogP contribution in [0.25, 0.3) is 0 Å². The van der Waals surface area contributed by atoms with Gasteiger partial charge in [-0.1, -0.05) is 40.2 Å². The van der Waals surface area contributed by atoms with Crippen molar-refractivity contribution in [2.24, 2.45) is 0 Å². The van der Waals surface area contributed by atoms with Crippen LogP contribution in [0.5, 0.6) is 0 Å². The van der Waals surface area contributed by atoms with Gasteiger partial charge in [-0.15, -0.1) is 0 Å². The summed E-state index contributed by atoms with van der Waals surface area (Å²) < 4.78 is 19.8. The van der Waals surface area contributed by atoms with E-state index in [1.165, 1.54) is 6.07 Å². The highest BCUT2D eigenvalue weighted by Crippen LogP contribution is 2.18. The Morgan fingerprint density at radius 3 is 2.61 bits per heavy atom. The van der Waals surface area contributed by atoms with Gasteiger partial charge in [-0.2, -0.15) is 0 Å². The number of halogens is 2. The van der Waals surface area contributed by atoms with Crippen LogP contribution in [0.15, 0.2) is 46.9 Å². The minimum atomic E-state index is -0.406. The highest BCUT2D eigenvalue weighted by Gasteiger charge is 2.02. The lowest BCUT2D eigenvalue weighted by Crippen LogP contribution is -1.97. The maximum atomic E-state index is 13.2. The molecule has 0 spiro atoms. The van der Waals surface area contributed by atoms with E-state index < -0.39 is 5.82 Å². The van der Waals surface area contributed by atoms with Crippen molar-refractivity contribution in [2.45, 2.75) is 13.2 Å². The van der Waals surface area contributed by atoms with Gasteiger partial charge in [0.25, 0.3) is 0 Å². The third kappa shape index (κ3) is 3.31. The summed E-state index contributed by atoms with van der Waals surface area (Å²) in [4.78, 5) is 0. The molecular weight excluding hydrogens is 297 g/mol. The first-order valence-electron chi connectivity index (χ1n) is 5.52. The number of benzene rings is 2. The van der Waals surface area contributed by atoms with Gasteiger partial charge in [0.2, 0.25) is 0 Å². The first-order valence-corrected chi connectivity index (χ1v) is 6.31. The number of rotatable bonds is 4. The Hall–Kier alpha value is -1.39. The Bertz CT molecular complexity index is 545. The second kappa shape index (κ2) is 5.98. The summed E-state index contributed by atoms with van der Waals surface area (Å²) in [5.41, 5.74) is 7.40. The van der Waals surface area contributed by atoms with Gasteiger partial charge in [0.15, 0.2) is 0 Å². The summed E-state index contributed by atoms with van der Waals surface area (Å²) >= 11 is 3.45. The van der Waals surface area contributed by atoms with E-state index in [0.29, 0.717) is 13.2 Å². The van der Waals surface area contributed by atoms with Crippen LogP contribution < -0.4 is 5.73 Å². The molecule has 0 heterocycles. The van der Waals surface area contributed by atoms with E-state index in [4.69, 9.17) is 10.5 Å². The van der Waals surface area contributed by atoms with E-state index in [1.807, 2.05) is 24.3 Å². The van der Waals surface area contributed by atoms with E-state index in [1.54, 1.807) is 12.1 Å². The SMILES string of the molecule is Nc1ccc(COCc2ccccc2Br)cc1F. The summed E-state index contributed by atoms with van der Waals surface area (Å²) in [7, 11) is 0. The van der Waals surface area contributed by atoms with Gasteiger partial charge >= 0.3 is 0 Å². The zero-order chi connectivity index (χ0) is 13.0. The number of ether oxygens (including phenoxy) is 1. The van der Waals surface area contributed by atoms with Crippen molar-refractivity contribution in [3.63, 3.8) is 0 Å². The molecule has 2 rings (SSSR count). The summed E-state index contributed by atoms with van der Waals surface area (Å²) in [5.74, 6) is -0.406. The summed E-state index contributed by atoms with van der Waals surface area (Å²) in [6.07, 6.45) is 0. The zero-order valence-electron chi connectivity index (χ0n) is 9.70. The molecule has 0 saturated carbocycles. The minimum Gasteiger partial charge on any atom is -0.396 e. The fourth-order valence-electron chi connectivity index (χ4n) is 1.55. The van der Waals surface area contributed by atoms with Crippen molar-refractivity contribution in [3.8, 4) is 0 Å². The highest BCUT2D eigenvalue weighted by atomic mass is 79.9. The molecule has 2 nitrogen and oxygen atoms in total. The van der Waals surface area contributed by atoms with Crippen molar-refractivity contribution in [1.82, 2.24) is 0 Å². The molecule has 94 valence electrons. The largest absolute Gasteiger partial charge is 0.396 e. The summed E-state index contributed by atoms with van der Waals surface area (Å²) in [6, 6.07) is 12.5. The van der Waals surface area contributed by atoms with Gasteiger partial charge in [0.1, 0.15) is 5.82 Å². The van der Waals surface area contributed by atoms with Gasteiger partial charge in [0, 0.05) is 4.47 Å². The fraction of sp³-hybridized carbons (Fsp3) is 0.143. The third-order valence-corrected chi connectivity index (χ3v) is 3.32. The molecule has 0 aliphatic rings. The van der Waals surface area contributed by atoms with Gasteiger partial charge in [-0.3, -0.25) is 0 Å². The third-order valence-electron chi connectivity index (χ3n) is 2.55. The van der Waals surface area contributed by atoms with Gasteiger partial charge in [-0.05, 0) is 29.3 Å². The topological polar surface area (TPSA) is 35.2 Å². The highest BCUT2D eigenvalue weighted by molar-refractivity contribution is 9.10. The Balaban J connectivity index is 1.92. The number of nitrogens with two attached hydrogens (primary N) is 1. The van der Waals surface area contributed by atoms with Crippen LogP contribution in [0, 0.1) is 5.82 Å². The molecule has 2 N–H and O–H groups in total. The predicted molar refractivity (Wildman–Crippen MR) is 73.4 cm³/mol. The predicted octanol–water partition coefficient (Wildman–Crippen LogP) is 3.89. The average molecular weight is 310 g/mol. The molecule has 0 unspecified atom stereocenters. The summed E-state index contributed by atoms with van der Waals surface area (Å²) in [5, 5.41) is 0. The lowest BCUT2D eigenvalue weighted by atomic mass is 10.2. The Morgan fingerprint density at radius 1 is 1.11 bits per heavy atom. The Morgan fingerprint density at radius 2 is 1.89 bits per heavy atom. The monoisotopic (exact) mass is 309 g/mol. The molecule has 0 atom stereocenters. The van der Waals surface area contributed by atoms with E-state index in [2.05, 4.69) is 15.9 Å². The summed E-state index contributed by atoms with van der Waals surface area (Å²) in [6.45, 7) is 0.839. The van der Waals surface area contributed by atoms with E-state index in [-0.39, 0.29) is 5.69 Å². The molecule has 0 aromatic heterocycles. The number of anilines is 1. The molecular formula is C14H13BrFNO. The Labute approximate surface area is 114 Å². The minimum absolute atomic E-state index is 0.157. The maximum Gasteiger partial charge on any atom is 0.146 e. The van der Waals surface area contributed by atoms with Crippen LogP contribution in [0.1, 0.15) is 11.1 Å². The Kier molecular flexibility index (Phi) is 4.33. The van der Waals surface area contributed by atoms with Crippen LogP contribution in [-0.2, 0) is 18.0 Å². The second-order valence-electron chi connectivity index (χ2n) is 3.94. The standard InChI is InChI=1S/C14H13BrFNO/c15-12-4-2-1-3-11(12)9-18-8-10-5-6-14(17)13(16)7-10/h1-7H,8-9,17H2. The molecule has 2 aromatic rings. The van der Waals surface area contributed by atoms with Gasteiger partial charge in [-0.25, -0.2) is 4.39 Å². The average Bonchev–Trinajstić information content (AvgIpc) is 2.36. The zero-order valence-corrected chi connectivity index (χ0v) is 11.3. The van der Waals surface area contributed by atoms with Crippen LogP contribution in [0.4, 0.5) is 10.1 Å². The first kappa shape index (κ1) is 13.1. The molecule has 0 aliphatic carbocycles. The molecule has 0 radical (unpaired) electrons. The van der Waals surface area contributed by atoms with Crippen molar-refractivity contribution < 1.29 is 9.13 Å². The maximum absolute atomic E-state index is 13.2. The fourth-order valence-corrected chi connectivity index (χ4v) is 1.95. The molecule has 0 bridgehead atoms. The molecule has 4 heteroatoms. The number of nitrogen functional groups attached to an aromatic ring is 1. The van der Waals surface area contributed by atoms with E-state index in [0.717, 1.165) is 15.6 Å². The normalized spacial score (nSPS) is 10.6. The van der Waals surface area contributed by atoms with Crippen molar-refractivity contribution >= 4 is 21.6 Å². The smallest absolute Gasteiger partial charge is 0.146 e. The molecule has 2 aromatic carbocycles. The molecule has 18 heavy (non-hydrogen) atoms. The second-order valence-corrected chi connectivity index (χ2v) is 4.79.